The molecular weight excluding hydrogens is 346 g/mol. The van der Waals surface area contributed by atoms with E-state index in [9.17, 15) is 8.42 Å². The summed E-state index contributed by atoms with van der Waals surface area (Å²) in [5.41, 5.74) is 0.849. The molecule has 1 aliphatic heterocycles. The molecule has 2 rings (SSSR count). The first-order chi connectivity index (χ1) is 9.40. The lowest BCUT2D eigenvalue weighted by molar-refractivity contribution is 0.297. The fraction of sp³-hybridized carbons (Fsp3) is 0.538. The predicted octanol–water partition coefficient (Wildman–Crippen LogP) is 1.92. The van der Waals surface area contributed by atoms with Crippen molar-refractivity contribution < 1.29 is 17.9 Å². The second kappa shape index (κ2) is 6.32. The normalized spacial score (nSPS) is 16.6. The highest BCUT2D eigenvalue weighted by molar-refractivity contribution is 9.10. The van der Waals surface area contributed by atoms with Crippen LogP contribution in [0.3, 0.4) is 0 Å². The Morgan fingerprint density at radius 3 is 2.45 bits per heavy atom. The molecule has 20 heavy (non-hydrogen) atoms. The maximum absolute atomic E-state index is 11.5. The Morgan fingerprint density at radius 2 is 1.90 bits per heavy atom. The third-order valence-corrected chi connectivity index (χ3v) is 4.69. The molecule has 0 spiro atoms. The molecule has 112 valence electrons. The number of ether oxygens (including phenoxy) is 2. The van der Waals surface area contributed by atoms with E-state index in [2.05, 4.69) is 21.2 Å². The van der Waals surface area contributed by atoms with Crippen LogP contribution < -0.4 is 14.8 Å². The van der Waals surface area contributed by atoms with E-state index in [0.717, 1.165) is 16.5 Å². The molecule has 0 radical (unpaired) electrons. The summed E-state index contributed by atoms with van der Waals surface area (Å²) in [6.07, 6.45) is 2.06. The SMILES string of the molecule is CNC(CS(C)(=O)=O)c1cc2c(cc1Br)OCCCO2. The van der Waals surface area contributed by atoms with Crippen molar-refractivity contribution in [2.45, 2.75) is 12.5 Å². The first kappa shape index (κ1) is 15.6. The van der Waals surface area contributed by atoms with Gasteiger partial charge in [0.05, 0.1) is 19.0 Å². The van der Waals surface area contributed by atoms with Gasteiger partial charge < -0.3 is 14.8 Å². The predicted molar refractivity (Wildman–Crippen MR) is 81.3 cm³/mol. The Kier molecular flexibility index (Phi) is 4.93. The topological polar surface area (TPSA) is 64.6 Å². The minimum atomic E-state index is -3.08. The first-order valence-electron chi connectivity index (χ1n) is 6.35. The minimum absolute atomic E-state index is 0.0295. The third kappa shape index (κ3) is 3.86. The average molecular weight is 364 g/mol. The monoisotopic (exact) mass is 363 g/mol. The van der Waals surface area contributed by atoms with Gasteiger partial charge in [0.1, 0.15) is 9.84 Å². The van der Waals surface area contributed by atoms with Gasteiger partial charge in [-0.1, -0.05) is 15.9 Å². The van der Waals surface area contributed by atoms with E-state index in [0.29, 0.717) is 24.7 Å². The molecule has 0 aromatic heterocycles. The molecule has 1 heterocycles. The van der Waals surface area contributed by atoms with Gasteiger partial charge in [-0.15, -0.1) is 0 Å². The van der Waals surface area contributed by atoms with E-state index in [1.165, 1.54) is 6.26 Å². The van der Waals surface area contributed by atoms with Crippen molar-refractivity contribution in [1.29, 1.82) is 0 Å². The number of fused-ring (bicyclic) bond motifs is 1. The summed E-state index contributed by atoms with van der Waals surface area (Å²) in [6.45, 7) is 1.22. The molecule has 0 saturated heterocycles. The van der Waals surface area contributed by atoms with Crippen LogP contribution in [0.5, 0.6) is 11.5 Å². The van der Waals surface area contributed by atoms with Crippen molar-refractivity contribution in [2.24, 2.45) is 0 Å². The number of hydrogen-bond acceptors (Lipinski definition) is 5. The smallest absolute Gasteiger partial charge is 0.162 e. The fourth-order valence-corrected chi connectivity index (χ4v) is 3.65. The molecule has 1 N–H and O–H groups in total. The zero-order valence-electron chi connectivity index (χ0n) is 11.5. The Morgan fingerprint density at radius 1 is 1.30 bits per heavy atom. The van der Waals surface area contributed by atoms with E-state index in [1.807, 2.05) is 12.1 Å². The molecule has 7 heteroatoms. The molecule has 0 aliphatic carbocycles. The third-order valence-electron chi connectivity index (χ3n) is 3.06. The maximum atomic E-state index is 11.5. The summed E-state index contributed by atoms with van der Waals surface area (Å²) in [4.78, 5) is 0. The minimum Gasteiger partial charge on any atom is -0.490 e. The zero-order chi connectivity index (χ0) is 14.8. The average Bonchev–Trinajstić information content (AvgIpc) is 2.58. The molecule has 1 unspecified atom stereocenters. The van der Waals surface area contributed by atoms with Crippen molar-refractivity contribution in [1.82, 2.24) is 5.32 Å². The van der Waals surface area contributed by atoms with Gasteiger partial charge in [0.2, 0.25) is 0 Å². The van der Waals surface area contributed by atoms with Crippen molar-refractivity contribution in [2.75, 3.05) is 32.3 Å². The van der Waals surface area contributed by atoms with E-state index >= 15 is 0 Å². The van der Waals surface area contributed by atoms with Crippen molar-refractivity contribution in [3.63, 3.8) is 0 Å². The molecule has 5 nitrogen and oxygen atoms in total. The van der Waals surface area contributed by atoms with E-state index in [1.54, 1.807) is 7.05 Å². The van der Waals surface area contributed by atoms with Crippen molar-refractivity contribution >= 4 is 25.8 Å². The van der Waals surface area contributed by atoms with Crippen molar-refractivity contribution in [3.05, 3.63) is 22.2 Å². The van der Waals surface area contributed by atoms with E-state index in [-0.39, 0.29) is 11.8 Å². The van der Waals surface area contributed by atoms with Crippen LogP contribution in [0.4, 0.5) is 0 Å². The van der Waals surface area contributed by atoms with Crippen LogP contribution in [0.2, 0.25) is 0 Å². The lowest BCUT2D eigenvalue weighted by atomic mass is 10.1. The number of halogens is 1. The highest BCUT2D eigenvalue weighted by Crippen LogP contribution is 2.37. The van der Waals surface area contributed by atoms with E-state index < -0.39 is 9.84 Å². The van der Waals surface area contributed by atoms with Gasteiger partial charge in [0.15, 0.2) is 11.5 Å². The molecule has 0 fully saturated rings. The summed E-state index contributed by atoms with van der Waals surface area (Å²) in [6, 6.07) is 3.39. The molecule has 0 amide bonds. The van der Waals surface area contributed by atoms with Gasteiger partial charge in [0.25, 0.3) is 0 Å². The number of sulfone groups is 1. The highest BCUT2D eigenvalue weighted by atomic mass is 79.9. The number of rotatable bonds is 4. The van der Waals surface area contributed by atoms with Crippen LogP contribution in [0.25, 0.3) is 0 Å². The second-order valence-corrected chi connectivity index (χ2v) is 7.84. The number of nitrogens with one attached hydrogen (secondary N) is 1. The van der Waals surface area contributed by atoms with Gasteiger partial charge >= 0.3 is 0 Å². The molecular formula is C13H18BrNO4S. The molecule has 0 saturated carbocycles. The van der Waals surface area contributed by atoms with Crippen LogP contribution >= 0.6 is 15.9 Å². The van der Waals surface area contributed by atoms with Crippen LogP contribution in [0, 0.1) is 0 Å². The maximum Gasteiger partial charge on any atom is 0.162 e. The Balaban J connectivity index is 2.37. The molecule has 1 atom stereocenters. The lowest BCUT2D eigenvalue weighted by Crippen LogP contribution is -2.25. The van der Waals surface area contributed by atoms with Crippen LogP contribution in [-0.4, -0.2) is 40.7 Å². The highest BCUT2D eigenvalue weighted by Gasteiger charge is 2.21. The number of benzene rings is 1. The summed E-state index contributed by atoms with van der Waals surface area (Å²) in [5.74, 6) is 1.38. The summed E-state index contributed by atoms with van der Waals surface area (Å²) < 4.78 is 35.1. The number of hydrogen-bond donors (Lipinski definition) is 1. The Hall–Kier alpha value is -0.790. The standard InChI is InChI=1S/C13H18BrNO4S/c1-15-11(8-20(2,16)17)9-6-12-13(7-10(9)14)19-5-3-4-18-12/h6-7,11,15H,3-5,8H2,1-2H3. The molecule has 1 aliphatic rings. The quantitative estimate of drug-likeness (QED) is 0.884. The fourth-order valence-electron chi connectivity index (χ4n) is 2.10. The van der Waals surface area contributed by atoms with E-state index in [4.69, 9.17) is 9.47 Å². The summed E-state index contributed by atoms with van der Waals surface area (Å²) in [7, 11) is -1.34. The van der Waals surface area contributed by atoms with Gasteiger partial charge in [-0.2, -0.15) is 0 Å². The molecule has 1 aromatic carbocycles. The van der Waals surface area contributed by atoms with Gasteiger partial charge in [-0.25, -0.2) is 8.42 Å². The lowest BCUT2D eigenvalue weighted by Gasteiger charge is -2.19. The van der Waals surface area contributed by atoms with Crippen LogP contribution in [0.15, 0.2) is 16.6 Å². The van der Waals surface area contributed by atoms with Crippen LogP contribution in [-0.2, 0) is 9.84 Å². The largest absolute Gasteiger partial charge is 0.490 e. The summed E-state index contributed by atoms with van der Waals surface area (Å²) in [5, 5.41) is 3.03. The van der Waals surface area contributed by atoms with Crippen molar-refractivity contribution in [3.8, 4) is 11.5 Å². The zero-order valence-corrected chi connectivity index (χ0v) is 13.9. The Labute approximate surface area is 127 Å². The van der Waals surface area contributed by atoms with Gasteiger partial charge in [0, 0.05) is 23.2 Å². The van der Waals surface area contributed by atoms with Gasteiger partial charge in [-0.05, 0) is 24.7 Å². The Bertz CT molecular complexity index is 588. The van der Waals surface area contributed by atoms with Crippen LogP contribution in [0.1, 0.15) is 18.0 Å². The molecule has 0 bridgehead atoms. The first-order valence-corrected chi connectivity index (χ1v) is 9.20. The summed E-state index contributed by atoms with van der Waals surface area (Å²) >= 11 is 3.48. The van der Waals surface area contributed by atoms with Gasteiger partial charge in [-0.3, -0.25) is 0 Å². The second-order valence-electron chi connectivity index (χ2n) is 4.80. The molecule has 1 aromatic rings.